The van der Waals surface area contributed by atoms with Gasteiger partial charge in [-0.25, -0.2) is 0 Å². The van der Waals surface area contributed by atoms with Gasteiger partial charge in [-0.2, -0.15) is 0 Å². The van der Waals surface area contributed by atoms with Crippen molar-refractivity contribution in [3.8, 4) is 5.75 Å². The number of piperazine rings is 1. The molecule has 1 fully saturated rings. The Morgan fingerprint density at radius 2 is 1.72 bits per heavy atom. The first-order valence-electron chi connectivity index (χ1n) is 9.91. The Morgan fingerprint density at radius 1 is 1.03 bits per heavy atom. The number of hydrogen-bond acceptors (Lipinski definition) is 4. The number of hydrogen-bond donors (Lipinski definition) is 0. The van der Waals surface area contributed by atoms with E-state index in [-0.39, 0.29) is 17.7 Å². The first-order valence-corrected chi connectivity index (χ1v) is 9.91. The quantitative estimate of drug-likeness (QED) is 0.708. The number of amides is 2. The average molecular weight is 393 g/mol. The summed E-state index contributed by atoms with van der Waals surface area (Å²) in [6, 6.07) is 13.3. The number of ether oxygens (including phenoxy) is 1. The maximum atomic E-state index is 12.4. The Kier molecular flexibility index (Phi) is 7.00. The standard InChI is InChI=1S/C23H27N3O3/c1-18(2)23(28)26-15-13-25(14-16-26)22(27)11-8-19-6-9-21(10-7-19)29-17-20-5-3-4-12-24-20/h3-12,18H,13-17H2,1-2H3/b11-8+. The molecule has 2 aromatic rings. The molecule has 1 aromatic carbocycles. The van der Waals surface area contributed by atoms with E-state index < -0.39 is 0 Å². The van der Waals surface area contributed by atoms with Crippen LogP contribution >= 0.6 is 0 Å². The average Bonchev–Trinajstić information content (AvgIpc) is 2.77. The van der Waals surface area contributed by atoms with Gasteiger partial charge in [-0.15, -0.1) is 0 Å². The summed E-state index contributed by atoms with van der Waals surface area (Å²) in [7, 11) is 0. The third-order valence-corrected chi connectivity index (χ3v) is 4.81. The van der Waals surface area contributed by atoms with E-state index in [1.54, 1.807) is 23.2 Å². The second kappa shape index (κ2) is 9.87. The lowest BCUT2D eigenvalue weighted by Gasteiger charge is -2.35. The molecule has 2 amide bonds. The second-order valence-electron chi connectivity index (χ2n) is 7.32. The van der Waals surface area contributed by atoms with E-state index in [0.29, 0.717) is 32.8 Å². The minimum absolute atomic E-state index is 0.00643. The molecule has 1 saturated heterocycles. The number of pyridine rings is 1. The van der Waals surface area contributed by atoms with Gasteiger partial charge < -0.3 is 14.5 Å². The van der Waals surface area contributed by atoms with Crippen molar-refractivity contribution in [3.63, 3.8) is 0 Å². The Morgan fingerprint density at radius 3 is 2.34 bits per heavy atom. The van der Waals surface area contributed by atoms with E-state index in [9.17, 15) is 9.59 Å². The molecule has 152 valence electrons. The Hall–Kier alpha value is -3.15. The highest BCUT2D eigenvalue weighted by atomic mass is 16.5. The van der Waals surface area contributed by atoms with Crippen LogP contribution in [0.2, 0.25) is 0 Å². The van der Waals surface area contributed by atoms with E-state index in [2.05, 4.69) is 4.98 Å². The molecule has 3 rings (SSSR count). The highest BCUT2D eigenvalue weighted by molar-refractivity contribution is 5.92. The number of carbonyl (C=O) groups excluding carboxylic acids is 2. The maximum absolute atomic E-state index is 12.4. The molecule has 0 atom stereocenters. The largest absolute Gasteiger partial charge is 0.487 e. The van der Waals surface area contributed by atoms with Gasteiger partial charge in [0.05, 0.1) is 5.69 Å². The van der Waals surface area contributed by atoms with Crippen LogP contribution in [0.25, 0.3) is 6.08 Å². The van der Waals surface area contributed by atoms with Crippen LogP contribution in [0.1, 0.15) is 25.1 Å². The van der Waals surface area contributed by atoms with Gasteiger partial charge >= 0.3 is 0 Å². The van der Waals surface area contributed by atoms with Gasteiger partial charge in [-0.05, 0) is 35.9 Å². The number of nitrogens with zero attached hydrogens (tertiary/aromatic N) is 3. The van der Waals surface area contributed by atoms with Crippen molar-refractivity contribution in [1.82, 2.24) is 14.8 Å². The molecule has 6 heteroatoms. The van der Waals surface area contributed by atoms with Crippen LogP contribution in [-0.2, 0) is 16.2 Å². The predicted molar refractivity (Wildman–Crippen MR) is 112 cm³/mol. The van der Waals surface area contributed by atoms with E-state index >= 15 is 0 Å². The fourth-order valence-electron chi connectivity index (χ4n) is 3.10. The van der Waals surface area contributed by atoms with Crippen LogP contribution in [0.3, 0.4) is 0 Å². The van der Waals surface area contributed by atoms with E-state index in [0.717, 1.165) is 17.0 Å². The molecule has 0 spiro atoms. The molecule has 0 saturated carbocycles. The molecule has 1 aromatic heterocycles. The fourth-order valence-corrected chi connectivity index (χ4v) is 3.10. The summed E-state index contributed by atoms with van der Waals surface area (Å²) in [5.74, 6) is 0.869. The van der Waals surface area contributed by atoms with Crippen LogP contribution in [-0.4, -0.2) is 52.8 Å². The molecular weight excluding hydrogens is 366 g/mol. The summed E-state index contributed by atoms with van der Waals surface area (Å²) in [4.78, 5) is 32.3. The molecule has 6 nitrogen and oxygen atoms in total. The second-order valence-corrected chi connectivity index (χ2v) is 7.32. The summed E-state index contributed by atoms with van der Waals surface area (Å²) >= 11 is 0. The Labute approximate surface area is 171 Å². The smallest absolute Gasteiger partial charge is 0.246 e. The number of rotatable bonds is 6. The zero-order valence-corrected chi connectivity index (χ0v) is 17.0. The minimum atomic E-state index is -0.0304. The zero-order chi connectivity index (χ0) is 20.6. The van der Waals surface area contributed by atoms with Gasteiger partial charge in [0.15, 0.2) is 0 Å². The predicted octanol–water partition coefficient (Wildman–Crippen LogP) is 3.00. The van der Waals surface area contributed by atoms with Crippen molar-refractivity contribution in [1.29, 1.82) is 0 Å². The molecule has 0 unspecified atom stereocenters. The molecule has 0 aliphatic carbocycles. The molecule has 0 bridgehead atoms. The highest BCUT2D eigenvalue weighted by Crippen LogP contribution is 2.15. The summed E-state index contributed by atoms with van der Waals surface area (Å²) in [5.41, 5.74) is 1.80. The van der Waals surface area contributed by atoms with E-state index in [1.165, 1.54) is 0 Å². The summed E-state index contributed by atoms with van der Waals surface area (Å²) in [6.07, 6.45) is 5.13. The number of aromatic nitrogens is 1. The highest BCUT2D eigenvalue weighted by Gasteiger charge is 2.24. The molecule has 1 aliphatic heterocycles. The molecular formula is C23H27N3O3. The van der Waals surface area contributed by atoms with Gasteiger partial charge in [0, 0.05) is 44.4 Å². The minimum Gasteiger partial charge on any atom is -0.487 e. The van der Waals surface area contributed by atoms with Crippen LogP contribution < -0.4 is 4.74 Å². The third-order valence-electron chi connectivity index (χ3n) is 4.81. The number of benzene rings is 1. The van der Waals surface area contributed by atoms with Crippen molar-refractivity contribution in [2.45, 2.75) is 20.5 Å². The number of carbonyl (C=O) groups is 2. The molecule has 0 N–H and O–H groups in total. The molecule has 0 radical (unpaired) electrons. The first kappa shape index (κ1) is 20.6. The Bertz CT molecular complexity index is 839. The van der Waals surface area contributed by atoms with Crippen LogP contribution in [0.5, 0.6) is 5.75 Å². The van der Waals surface area contributed by atoms with Gasteiger partial charge in [-0.3, -0.25) is 14.6 Å². The van der Waals surface area contributed by atoms with Crippen molar-refractivity contribution in [2.24, 2.45) is 5.92 Å². The monoisotopic (exact) mass is 393 g/mol. The van der Waals surface area contributed by atoms with Crippen LogP contribution in [0.15, 0.2) is 54.7 Å². The molecule has 29 heavy (non-hydrogen) atoms. The topological polar surface area (TPSA) is 62.7 Å². The van der Waals surface area contributed by atoms with Crippen molar-refractivity contribution in [2.75, 3.05) is 26.2 Å². The lowest BCUT2D eigenvalue weighted by atomic mass is 10.1. The summed E-state index contributed by atoms with van der Waals surface area (Å²) < 4.78 is 5.72. The lowest BCUT2D eigenvalue weighted by molar-refractivity contribution is -0.139. The van der Waals surface area contributed by atoms with Gasteiger partial charge in [0.25, 0.3) is 0 Å². The molecule has 2 heterocycles. The van der Waals surface area contributed by atoms with Crippen LogP contribution in [0.4, 0.5) is 0 Å². The summed E-state index contributed by atoms with van der Waals surface area (Å²) in [6.45, 7) is 6.55. The van der Waals surface area contributed by atoms with Crippen molar-refractivity contribution < 1.29 is 14.3 Å². The fraction of sp³-hybridized carbons (Fsp3) is 0.348. The van der Waals surface area contributed by atoms with Crippen molar-refractivity contribution in [3.05, 3.63) is 66.0 Å². The Balaban J connectivity index is 1.47. The maximum Gasteiger partial charge on any atom is 0.246 e. The van der Waals surface area contributed by atoms with Crippen molar-refractivity contribution >= 4 is 17.9 Å². The normalized spacial score (nSPS) is 14.4. The van der Waals surface area contributed by atoms with E-state index in [1.807, 2.05) is 61.2 Å². The molecule has 1 aliphatic rings. The summed E-state index contributed by atoms with van der Waals surface area (Å²) in [5, 5.41) is 0. The van der Waals surface area contributed by atoms with Gasteiger partial charge in [-0.1, -0.05) is 32.0 Å². The third kappa shape index (κ3) is 5.91. The van der Waals surface area contributed by atoms with Crippen LogP contribution in [0, 0.1) is 5.92 Å². The first-order chi connectivity index (χ1) is 14.0. The van der Waals surface area contributed by atoms with Gasteiger partial charge in [0.2, 0.25) is 11.8 Å². The zero-order valence-electron chi connectivity index (χ0n) is 17.0. The van der Waals surface area contributed by atoms with E-state index in [4.69, 9.17) is 4.74 Å². The SMILES string of the molecule is CC(C)C(=O)N1CCN(C(=O)/C=C/c2ccc(OCc3ccccn3)cc2)CC1. The lowest BCUT2D eigenvalue weighted by Crippen LogP contribution is -2.51. The van der Waals surface area contributed by atoms with Gasteiger partial charge in [0.1, 0.15) is 12.4 Å².